The normalized spacial score (nSPS) is 19.6. The number of amides is 1. The molecule has 2 aromatic heterocycles. The highest BCUT2D eigenvalue weighted by Crippen LogP contribution is 2.32. The quantitative estimate of drug-likeness (QED) is 0.629. The Morgan fingerprint density at radius 3 is 2.60 bits per heavy atom. The van der Waals surface area contributed by atoms with Crippen LogP contribution in [0.3, 0.4) is 0 Å². The molecular weight excluding hydrogens is 397 g/mol. The van der Waals surface area contributed by atoms with Crippen LogP contribution in [0.25, 0.3) is 10.9 Å². The summed E-state index contributed by atoms with van der Waals surface area (Å²) in [7, 11) is 0. The first-order chi connectivity index (χ1) is 14.3. The summed E-state index contributed by atoms with van der Waals surface area (Å²) in [6, 6.07) is 8.54. The maximum absolute atomic E-state index is 12.8. The van der Waals surface area contributed by atoms with E-state index in [1.807, 2.05) is 10.9 Å². The van der Waals surface area contributed by atoms with E-state index in [9.17, 15) is 22.8 Å². The lowest BCUT2D eigenvalue weighted by Gasteiger charge is -2.25. The number of aromatic nitrogens is 3. The van der Waals surface area contributed by atoms with E-state index in [-0.39, 0.29) is 17.7 Å². The van der Waals surface area contributed by atoms with Crippen molar-refractivity contribution in [3.05, 3.63) is 54.0 Å². The zero-order valence-corrected chi connectivity index (χ0v) is 15.9. The minimum absolute atomic E-state index is 0.123. The zero-order valence-electron chi connectivity index (χ0n) is 15.9. The van der Waals surface area contributed by atoms with E-state index in [0.29, 0.717) is 5.69 Å². The number of carbonyl (C=O) groups is 2. The Kier molecular flexibility index (Phi) is 5.27. The van der Waals surface area contributed by atoms with Gasteiger partial charge in [0.2, 0.25) is 0 Å². The van der Waals surface area contributed by atoms with Crippen molar-refractivity contribution < 1.29 is 22.8 Å². The third-order valence-electron chi connectivity index (χ3n) is 5.36. The van der Waals surface area contributed by atoms with Gasteiger partial charge >= 0.3 is 6.18 Å². The number of aldehydes is 1. The molecule has 0 spiro atoms. The summed E-state index contributed by atoms with van der Waals surface area (Å²) in [4.78, 5) is 26.7. The van der Waals surface area contributed by atoms with Gasteiger partial charge in [-0.3, -0.25) is 9.48 Å². The number of nitrogens with zero attached hydrogens (tertiary/aromatic N) is 3. The molecule has 1 N–H and O–H groups in total. The van der Waals surface area contributed by atoms with Crippen molar-refractivity contribution in [2.75, 3.05) is 5.32 Å². The van der Waals surface area contributed by atoms with Gasteiger partial charge in [0.25, 0.3) is 5.91 Å². The summed E-state index contributed by atoms with van der Waals surface area (Å²) in [6.45, 7) is 0. The van der Waals surface area contributed by atoms with Crippen LogP contribution in [0, 0.1) is 5.92 Å². The predicted octanol–water partition coefficient (Wildman–Crippen LogP) is 4.63. The number of pyridine rings is 1. The van der Waals surface area contributed by atoms with Gasteiger partial charge in [0, 0.05) is 23.2 Å². The number of anilines is 1. The number of fused-ring (bicyclic) bond motifs is 1. The maximum atomic E-state index is 12.8. The number of nitrogens with one attached hydrogen (secondary N) is 1. The monoisotopic (exact) mass is 416 g/mol. The maximum Gasteiger partial charge on any atom is 0.433 e. The lowest BCUT2D eigenvalue weighted by atomic mass is 9.87. The van der Waals surface area contributed by atoms with Gasteiger partial charge in [-0.25, -0.2) is 4.98 Å². The molecule has 1 fully saturated rings. The first-order valence-electron chi connectivity index (χ1n) is 9.63. The lowest BCUT2D eigenvalue weighted by molar-refractivity contribution is -0.141. The summed E-state index contributed by atoms with van der Waals surface area (Å²) in [5, 5.41) is 7.98. The van der Waals surface area contributed by atoms with Crippen molar-refractivity contribution in [2.24, 2.45) is 5.92 Å². The Labute approximate surface area is 170 Å². The fourth-order valence-electron chi connectivity index (χ4n) is 3.73. The molecule has 0 unspecified atom stereocenters. The molecule has 0 saturated heterocycles. The van der Waals surface area contributed by atoms with Crippen molar-refractivity contribution in [2.45, 2.75) is 37.9 Å². The summed E-state index contributed by atoms with van der Waals surface area (Å²) in [5.41, 5.74) is -0.234. The molecule has 1 aromatic carbocycles. The number of hydrogen-bond donors (Lipinski definition) is 1. The molecule has 1 aliphatic carbocycles. The Hall–Kier alpha value is -3.23. The van der Waals surface area contributed by atoms with Gasteiger partial charge in [-0.1, -0.05) is 6.07 Å². The second kappa shape index (κ2) is 7.89. The number of hydrogen-bond acceptors (Lipinski definition) is 4. The summed E-state index contributed by atoms with van der Waals surface area (Å²) in [5.74, 6) is -0.600. The fraction of sp³-hybridized carbons (Fsp3) is 0.333. The van der Waals surface area contributed by atoms with Gasteiger partial charge < -0.3 is 10.1 Å². The van der Waals surface area contributed by atoms with Gasteiger partial charge in [0.1, 0.15) is 17.7 Å². The topological polar surface area (TPSA) is 76.9 Å². The summed E-state index contributed by atoms with van der Waals surface area (Å²) in [6.07, 6.45) is 1.73. The Morgan fingerprint density at radius 1 is 1.13 bits per heavy atom. The smallest absolute Gasteiger partial charge is 0.321 e. The van der Waals surface area contributed by atoms with Crippen molar-refractivity contribution in [3.63, 3.8) is 0 Å². The molecular formula is C21H19F3N4O2. The van der Waals surface area contributed by atoms with E-state index in [0.717, 1.165) is 55.0 Å². The molecule has 0 atom stereocenters. The van der Waals surface area contributed by atoms with Gasteiger partial charge in [-0.2, -0.15) is 18.3 Å². The van der Waals surface area contributed by atoms with Gasteiger partial charge in [-0.15, -0.1) is 0 Å². The molecule has 2 heterocycles. The molecule has 0 aliphatic heterocycles. The first kappa shape index (κ1) is 20.1. The van der Waals surface area contributed by atoms with Crippen LogP contribution in [0.2, 0.25) is 0 Å². The summed E-state index contributed by atoms with van der Waals surface area (Å²) < 4.78 is 40.3. The van der Waals surface area contributed by atoms with Crippen LogP contribution >= 0.6 is 0 Å². The van der Waals surface area contributed by atoms with E-state index < -0.39 is 17.8 Å². The molecule has 3 aromatic rings. The molecule has 4 rings (SSSR count). The van der Waals surface area contributed by atoms with Crippen LogP contribution in [0.1, 0.15) is 47.9 Å². The second-order valence-electron chi connectivity index (χ2n) is 7.45. The Morgan fingerprint density at radius 2 is 1.90 bits per heavy atom. The highest BCUT2D eigenvalue weighted by atomic mass is 19.4. The molecule has 0 bridgehead atoms. The van der Waals surface area contributed by atoms with Gasteiger partial charge in [-0.05, 0) is 56.0 Å². The SMILES string of the molecule is O=C[C@H]1CC[C@H](n2cc3cc(NC(=O)c4cccc(C(F)(F)F)n4)ccc3n2)CC1. The fourth-order valence-corrected chi connectivity index (χ4v) is 3.73. The van der Waals surface area contributed by atoms with Crippen LogP contribution in [-0.4, -0.2) is 27.0 Å². The van der Waals surface area contributed by atoms with Crippen molar-refractivity contribution in [3.8, 4) is 0 Å². The highest BCUT2D eigenvalue weighted by Gasteiger charge is 2.33. The number of carbonyl (C=O) groups excluding carboxylic acids is 2. The van der Waals surface area contributed by atoms with E-state index >= 15 is 0 Å². The summed E-state index contributed by atoms with van der Waals surface area (Å²) >= 11 is 0. The van der Waals surface area contributed by atoms with Crippen LogP contribution in [0.4, 0.5) is 18.9 Å². The number of benzene rings is 1. The van der Waals surface area contributed by atoms with E-state index in [1.54, 1.807) is 18.2 Å². The molecule has 1 saturated carbocycles. The Bertz CT molecular complexity index is 1090. The average Bonchev–Trinajstić information content (AvgIpc) is 3.16. The number of rotatable bonds is 4. The van der Waals surface area contributed by atoms with Gasteiger partial charge in [0.15, 0.2) is 0 Å². The third-order valence-corrected chi connectivity index (χ3v) is 5.36. The van der Waals surface area contributed by atoms with Crippen LogP contribution in [0.5, 0.6) is 0 Å². The van der Waals surface area contributed by atoms with Crippen molar-refractivity contribution in [1.82, 2.24) is 14.8 Å². The minimum Gasteiger partial charge on any atom is -0.321 e. The molecule has 9 heteroatoms. The number of alkyl halides is 3. The standard InChI is InChI=1S/C21H19F3N4O2/c22-21(23,24)19-3-1-2-18(26-19)20(30)25-15-6-9-17-14(10-15)11-28(27-17)16-7-4-13(12-29)5-8-16/h1-3,6,9-13,16H,4-5,7-8H2,(H,25,30)/t13-,16-. The zero-order chi connectivity index (χ0) is 21.3. The molecule has 156 valence electrons. The molecule has 6 nitrogen and oxygen atoms in total. The molecule has 1 aliphatic rings. The number of halogens is 3. The third kappa shape index (κ3) is 4.19. The Balaban J connectivity index is 1.50. The molecule has 1 amide bonds. The van der Waals surface area contributed by atoms with E-state index in [1.165, 1.54) is 6.07 Å². The lowest BCUT2D eigenvalue weighted by Crippen LogP contribution is -2.19. The van der Waals surface area contributed by atoms with Crippen LogP contribution in [-0.2, 0) is 11.0 Å². The van der Waals surface area contributed by atoms with Crippen LogP contribution < -0.4 is 5.32 Å². The highest BCUT2D eigenvalue weighted by molar-refractivity contribution is 6.03. The second-order valence-corrected chi connectivity index (χ2v) is 7.45. The van der Waals surface area contributed by atoms with Gasteiger partial charge in [0.05, 0.1) is 11.6 Å². The van der Waals surface area contributed by atoms with Crippen LogP contribution in [0.15, 0.2) is 42.6 Å². The largest absolute Gasteiger partial charge is 0.433 e. The predicted molar refractivity (Wildman–Crippen MR) is 104 cm³/mol. The van der Waals surface area contributed by atoms with Crippen molar-refractivity contribution in [1.29, 1.82) is 0 Å². The molecule has 0 radical (unpaired) electrons. The van der Waals surface area contributed by atoms with E-state index in [4.69, 9.17) is 0 Å². The van der Waals surface area contributed by atoms with Crippen molar-refractivity contribution >= 4 is 28.8 Å². The average molecular weight is 416 g/mol. The minimum atomic E-state index is -4.62. The first-order valence-corrected chi connectivity index (χ1v) is 9.63. The van der Waals surface area contributed by atoms with E-state index in [2.05, 4.69) is 15.4 Å². The molecule has 30 heavy (non-hydrogen) atoms.